The molecule has 0 unspecified atom stereocenters. The average Bonchev–Trinajstić information content (AvgIpc) is 2.84. The summed E-state index contributed by atoms with van der Waals surface area (Å²) in [5.41, 5.74) is 0.00548. The molecule has 0 atom stereocenters. The molecule has 0 spiro atoms. The molecule has 1 aromatic heterocycles. The minimum absolute atomic E-state index is 0.146. The monoisotopic (exact) mass is 356 g/mol. The van der Waals surface area contributed by atoms with Gasteiger partial charge in [0.15, 0.2) is 0 Å². The van der Waals surface area contributed by atoms with E-state index in [-0.39, 0.29) is 17.9 Å². The van der Waals surface area contributed by atoms with Gasteiger partial charge in [0, 0.05) is 6.54 Å². The molecule has 0 bridgehead atoms. The van der Waals surface area contributed by atoms with E-state index in [2.05, 4.69) is 5.16 Å². The standard InChI is InChI=1S/C16H15F3N2O4/c1-9-14(10(2)25-20-9)15(24)21(8-13(22)23)7-11-3-5-12(6-4-11)16(17,18)19/h3-6H,7-8H2,1-2H3,(H,22,23). The van der Waals surface area contributed by atoms with Crippen molar-refractivity contribution in [3.05, 3.63) is 52.4 Å². The van der Waals surface area contributed by atoms with Crippen molar-refractivity contribution in [2.24, 2.45) is 0 Å². The number of carbonyl (C=O) groups excluding carboxylic acids is 1. The molecule has 0 saturated carbocycles. The van der Waals surface area contributed by atoms with Crippen LogP contribution in [0, 0.1) is 13.8 Å². The van der Waals surface area contributed by atoms with Crippen LogP contribution in [0.3, 0.4) is 0 Å². The zero-order chi connectivity index (χ0) is 18.8. The highest BCUT2D eigenvalue weighted by Gasteiger charge is 2.30. The van der Waals surface area contributed by atoms with Gasteiger partial charge in [-0.25, -0.2) is 0 Å². The third kappa shape index (κ3) is 4.37. The van der Waals surface area contributed by atoms with Gasteiger partial charge in [0.2, 0.25) is 0 Å². The molecule has 0 aliphatic heterocycles. The number of carboxylic acids is 1. The number of alkyl halides is 3. The predicted molar refractivity (Wildman–Crippen MR) is 79.8 cm³/mol. The molecule has 1 N–H and O–H groups in total. The van der Waals surface area contributed by atoms with Crippen molar-refractivity contribution in [3.8, 4) is 0 Å². The van der Waals surface area contributed by atoms with Crippen LogP contribution >= 0.6 is 0 Å². The lowest BCUT2D eigenvalue weighted by Crippen LogP contribution is -2.35. The number of benzene rings is 1. The maximum Gasteiger partial charge on any atom is 0.416 e. The maximum absolute atomic E-state index is 12.6. The molecule has 134 valence electrons. The Labute approximate surface area is 140 Å². The summed E-state index contributed by atoms with van der Waals surface area (Å²) in [5, 5.41) is 12.7. The Hall–Kier alpha value is -2.84. The molecule has 25 heavy (non-hydrogen) atoms. The number of aliphatic carboxylic acids is 1. The molecule has 1 aromatic carbocycles. The Bertz CT molecular complexity index is 762. The third-order valence-electron chi connectivity index (χ3n) is 3.52. The van der Waals surface area contributed by atoms with E-state index in [1.807, 2.05) is 0 Å². The Kier molecular flexibility index (Phi) is 5.15. The number of aromatic nitrogens is 1. The Morgan fingerprint density at radius 2 is 1.80 bits per heavy atom. The second-order valence-electron chi connectivity index (χ2n) is 5.45. The van der Waals surface area contributed by atoms with Crippen molar-refractivity contribution in [1.82, 2.24) is 10.1 Å². The van der Waals surface area contributed by atoms with Crippen LogP contribution in [0.5, 0.6) is 0 Å². The molecule has 0 radical (unpaired) electrons. The second kappa shape index (κ2) is 6.96. The fourth-order valence-corrected chi connectivity index (χ4v) is 2.33. The van der Waals surface area contributed by atoms with E-state index in [0.29, 0.717) is 11.3 Å². The smallest absolute Gasteiger partial charge is 0.416 e. The lowest BCUT2D eigenvalue weighted by Gasteiger charge is -2.21. The van der Waals surface area contributed by atoms with Crippen LogP contribution in [0.25, 0.3) is 0 Å². The molecule has 6 nitrogen and oxygen atoms in total. The summed E-state index contributed by atoms with van der Waals surface area (Å²) in [6.07, 6.45) is -4.47. The first-order valence-electron chi connectivity index (χ1n) is 7.19. The number of carbonyl (C=O) groups is 2. The van der Waals surface area contributed by atoms with Crippen molar-refractivity contribution in [3.63, 3.8) is 0 Å². The molecular formula is C16H15F3N2O4. The van der Waals surface area contributed by atoms with Gasteiger partial charge in [-0.1, -0.05) is 17.3 Å². The summed E-state index contributed by atoms with van der Waals surface area (Å²) in [5.74, 6) is -1.61. The van der Waals surface area contributed by atoms with Crippen molar-refractivity contribution >= 4 is 11.9 Å². The molecule has 2 rings (SSSR count). The van der Waals surface area contributed by atoms with Gasteiger partial charge in [0.05, 0.1) is 11.3 Å². The lowest BCUT2D eigenvalue weighted by atomic mass is 10.1. The molecule has 9 heteroatoms. The normalized spacial score (nSPS) is 11.4. The minimum Gasteiger partial charge on any atom is -0.480 e. The Morgan fingerprint density at radius 3 is 2.24 bits per heavy atom. The molecule has 2 aromatic rings. The Balaban J connectivity index is 2.26. The van der Waals surface area contributed by atoms with Crippen molar-refractivity contribution in [2.75, 3.05) is 6.54 Å². The number of carboxylic acid groups (broad SMARTS) is 1. The van der Waals surface area contributed by atoms with Gasteiger partial charge in [0.25, 0.3) is 5.91 Å². The van der Waals surface area contributed by atoms with Gasteiger partial charge < -0.3 is 14.5 Å². The fourth-order valence-electron chi connectivity index (χ4n) is 2.33. The lowest BCUT2D eigenvalue weighted by molar-refractivity contribution is -0.138. The van der Waals surface area contributed by atoms with Crippen LogP contribution in [0.2, 0.25) is 0 Å². The first-order chi connectivity index (χ1) is 11.6. The van der Waals surface area contributed by atoms with E-state index < -0.39 is 30.2 Å². The fraction of sp³-hybridized carbons (Fsp3) is 0.312. The number of nitrogens with zero attached hydrogens (tertiary/aromatic N) is 2. The molecule has 0 aliphatic carbocycles. The summed E-state index contributed by atoms with van der Waals surface area (Å²) >= 11 is 0. The highest BCUT2D eigenvalue weighted by molar-refractivity contribution is 5.97. The van der Waals surface area contributed by atoms with Gasteiger partial charge >= 0.3 is 12.1 Å². The minimum atomic E-state index is -4.47. The molecular weight excluding hydrogens is 341 g/mol. The Morgan fingerprint density at radius 1 is 1.20 bits per heavy atom. The van der Waals surface area contributed by atoms with Gasteiger partial charge in [-0.05, 0) is 31.5 Å². The van der Waals surface area contributed by atoms with E-state index in [1.54, 1.807) is 6.92 Å². The highest BCUT2D eigenvalue weighted by Crippen LogP contribution is 2.29. The van der Waals surface area contributed by atoms with Crippen molar-refractivity contribution in [2.45, 2.75) is 26.6 Å². The highest BCUT2D eigenvalue weighted by atomic mass is 19.4. The van der Waals surface area contributed by atoms with Gasteiger partial charge in [0.1, 0.15) is 17.9 Å². The third-order valence-corrected chi connectivity index (χ3v) is 3.52. The molecule has 0 fully saturated rings. The second-order valence-corrected chi connectivity index (χ2v) is 5.45. The molecule has 0 aliphatic rings. The van der Waals surface area contributed by atoms with E-state index in [4.69, 9.17) is 9.63 Å². The van der Waals surface area contributed by atoms with Gasteiger partial charge in [-0.15, -0.1) is 0 Å². The van der Waals surface area contributed by atoms with Crippen molar-refractivity contribution < 1.29 is 32.4 Å². The molecule has 1 heterocycles. The number of hydrogen-bond acceptors (Lipinski definition) is 4. The number of aryl methyl sites for hydroxylation is 2. The van der Waals surface area contributed by atoms with Crippen LogP contribution in [-0.2, 0) is 17.5 Å². The summed E-state index contributed by atoms with van der Waals surface area (Å²) < 4.78 is 42.7. The van der Waals surface area contributed by atoms with E-state index >= 15 is 0 Å². The quantitative estimate of drug-likeness (QED) is 0.890. The molecule has 1 amide bonds. The number of hydrogen-bond donors (Lipinski definition) is 1. The SMILES string of the molecule is Cc1noc(C)c1C(=O)N(CC(=O)O)Cc1ccc(C(F)(F)F)cc1. The van der Waals surface area contributed by atoms with Crippen LogP contribution < -0.4 is 0 Å². The largest absolute Gasteiger partial charge is 0.480 e. The summed E-state index contributed by atoms with van der Waals surface area (Å²) in [6.45, 7) is 2.29. The summed E-state index contributed by atoms with van der Waals surface area (Å²) in [7, 11) is 0. The van der Waals surface area contributed by atoms with E-state index in [0.717, 1.165) is 17.0 Å². The number of rotatable bonds is 5. The number of amides is 1. The topological polar surface area (TPSA) is 83.6 Å². The van der Waals surface area contributed by atoms with Crippen LogP contribution in [-0.4, -0.2) is 33.6 Å². The predicted octanol–water partition coefficient (Wildman–Crippen LogP) is 3.04. The van der Waals surface area contributed by atoms with Gasteiger partial charge in [-0.3, -0.25) is 9.59 Å². The zero-order valence-corrected chi connectivity index (χ0v) is 13.4. The first-order valence-corrected chi connectivity index (χ1v) is 7.19. The first kappa shape index (κ1) is 18.5. The van der Waals surface area contributed by atoms with E-state index in [9.17, 15) is 22.8 Å². The van der Waals surface area contributed by atoms with Crippen molar-refractivity contribution in [1.29, 1.82) is 0 Å². The molecule has 0 saturated heterocycles. The maximum atomic E-state index is 12.6. The summed E-state index contributed by atoms with van der Waals surface area (Å²) in [4.78, 5) is 24.7. The number of halogens is 3. The average molecular weight is 356 g/mol. The zero-order valence-electron chi connectivity index (χ0n) is 13.4. The van der Waals surface area contributed by atoms with E-state index in [1.165, 1.54) is 19.1 Å². The van der Waals surface area contributed by atoms with Crippen LogP contribution in [0.4, 0.5) is 13.2 Å². The van der Waals surface area contributed by atoms with Gasteiger partial charge in [-0.2, -0.15) is 13.2 Å². The summed E-state index contributed by atoms with van der Waals surface area (Å²) in [6, 6.07) is 4.18. The van der Waals surface area contributed by atoms with Crippen LogP contribution in [0.15, 0.2) is 28.8 Å². The van der Waals surface area contributed by atoms with Crippen LogP contribution in [0.1, 0.15) is 32.9 Å².